The standard InChI is InChI=1S/2C12H24O2.4C4H9.2C2H4O2.2Sn/c2*1-2-3-4-5-6-7-8-9-10-11-12(13)14;4*1-3-4-2;2*1-2(3)4;;/h2*2-11H2,1H3,(H,13,14);4*1,3-4H2,2H3;2*1H3,(H,3,4);;/q;;;;;;;;2*+2/p-4. The first-order chi connectivity index (χ1) is 26.0. The fourth-order valence-electron chi connectivity index (χ4n) is 6.69. The van der Waals surface area contributed by atoms with Gasteiger partial charge in [-0.2, -0.15) is 0 Å². The van der Waals surface area contributed by atoms with Gasteiger partial charge in [-0.3, -0.25) is 0 Å². The molecule has 0 fully saturated rings. The molecule has 54 heavy (non-hydrogen) atoms. The van der Waals surface area contributed by atoms with Crippen molar-refractivity contribution in [2.45, 2.75) is 253 Å². The first-order valence-corrected chi connectivity index (χ1v) is 35.5. The van der Waals surface area contributed by atoms with Crippen molar-refractivity contribution in [3.8, 4) is 0 Å². The van der Waals surface area contributed by atoms with Crippen molar-refractivity contribution < 1.29 is 31.5 Å². The SMILES string of the molecule is CCCCCCCCCCCC(=O)[O][Sn]([CH2]CCC)([CH2]CCC)[O]C(=O)CCCCCCCCCCC.CCC[CH2][Sn]([CH2]CCC)([O]C(C)=O)[O]C(C)=O. The van der Waals surface area contributed by atoms with Crippen LogP contribution in [0.5, 0.6) is 0 Å². The van der Waals surface area contributed by atoms with Crippen molar-refractivity contribution in [1.82, 2.24) is 0 Å². The second kappa shape index (κ2) is 39.3. The van der Waals surface area contributed by atoms with Crippen LogP contribution in [0.4, 0.5) is 0 Å². The van der Waals surface area contributed by atoms with E-state index < -0.39 is 38.4 Å². The molecule has 0 aromatic heterocycles. The van der Waals surface area contributed by atoms with Crippen LogP contribution in [0.15, 0.2) is 0 Å². The van der Waals surface area contributed by atoms with Crippen LogP contribution in [0, 0.1) is 0 Å². The molecular formula is C44H88O8Sn2. The van der Waals surface area contributed by atoms with Gasteiger partial charge in [0.2, 0.25) is 0 Å². The minimum absolute atomic E-state index is 0.109. The molecule has 0 amide bonds. The molecule has 0 radical (unpaired) electrons. The van der Waals surface area contributed by atoms with E-state index >= 15 is 0 Å². The maximum absolute atomic E-state index is 12.8. The van der Waals surface area contributed by atoms with Crippen LogP contribution < -0.4 is 0 Å². The Kier molecular flexibility index (Phi) is 40.5. The summed E-state index contributed by atoms with van der Waals surface area (Å²) in [6.07, 6.45) is 31.1. The molecule has 0 atom stereocenters. The van der Waals surface area contributed by atoms with E-state index in [1.165, 1.54) is 104 Å². The number of rotatable bonds is 36. The van der Waals surface area contributed by atoms with Crippen LogP contribution in [0.1, 0.15) is 235 Å². The summed E-state index contributed by atoms with van der Waals surface area (Å²) in [5.74, 6) is -0.841. The van der Waals surface area contributed by atoms with Gasteiger partial charge in [0, 0.05) is 0 Å². The fourth-order valence-corrected chi connectivity index (χ4v) is 26.8. The topological polar surface area (TPSA) is 105 Å². The Balaban J connectivity index is 0. The molecule has 0 aromatic carbocycles. The average molecular weight is 983 g/mol. The van der Waals surface area contributed by atoms with Gasteiger partial charge in [0.25, 0.3) is 0 Å². The quantitative estimate of drug-likeness (QED) is 0.0452. The summed E-state index contributed by atoms with van der Waals surface area (Å²) in [6, 6.07) is 0. The predicted molar refractivity (Wildman–Crippen MR) is 230 cm³/mol. The minimum atomic E-state index is -3.76. The summed E-state index contributed by atoms with van der Waals surface area (Å²) >= 11 is -7.25. The van der Waals surface area contributed by atoms with Gasteiger partial charge in [-0.15, -0.1) is 0 Å². The zero-order valence-corrected chi connectivity index (χ0v) is 42.6. The van der Waals surface area contributed by atoms with Crippen LogP contribution in [-0.4, -0.2) is 62.3 Å². The summed E-state index contributed by atoms with van der Waals surface area (Å²) in [4.78, 5) is 48.1. The van der Waals surface area contributed by atoms with Gasteiger partial charge in [0.1, 0.15) is 0 Å². The van der Waals surface area contributed by atoms with Gasteiger partial charge in [-0.25, -0.2) is 0 Å². The van der Waals surface area contributed by atoms with E-state index in [0.29, 0.717) is 12.8 Å². The van der Waals surface area contributed by atoms with E-state index in [9.17, 15) is 19.2 Å². The number of unbranched alkanes of at least 4 members (excludes halogenated alkanes) is 20. The third-order valence-electron chi connectivity index (χ3n) is 9.87. The molecular weight excluding hydrogens is 894 g/mol. The molecule has 0 unspecified atom stereocenters. The Morgan fingerprint density at radius 1 is 0.315 bits per heavy atom. The van der Waals surface area contributed by atoms with Crippen molar-refractivity contribution in [1.29, 1.82) is 0 Å². The van der Waals surface area contributed by atoms with Gasteiger partial charge in [0.05, 0.1) is 0 Å². The summed E-state index contributed by atoms with van der Waals surface area (Å²) < 4.78 is 26.6. The second-order valence-electron chi connectivity index (χ2n) is 15.5. The van der Waals surface area contributed by atoms with Crippen LogP contribution in [0.2, 0.25) is 17.7 Å². The van der Waals surface area contributed by atoms with Gasteiger partial charge >= 0.3 is 333 Å². The Morgan fingerprint density at radius 3 is 0.778 bits per heavy atom. The molecule has 0 bridgehead atoms. The molecule has 10 heteroatoms. The third-order valence-corrected chi connectivity index (χ3v) is 29.8. The maximum atomic E-state index is 12.8. The van der Waals surface area contributed by atoms with Crippen molar-refractivity contribution in [3.63, 3.8) is 0 Å². The molecule has 320 valence electrons. The van der Waals surface area contributed by atoms with Crippen LogP contribution >= 0.6 is 0 Å². The molecule has 0 aliphatic heterocycles. The average Bonchev–Trinajstić information content (AvgIpc) is 3.13. The van der Waals surface area contributed by atoms with Crippen LogP contribution in [-0.2, 0) is 31.5 Å². The molecule has 0 aromatic rings. The van der Waals surface area contributed by atoms with E-state index in [1.807, 2.05) is 0 Å². The second-order valence-corrected chi connectivity index (χ2v) is 34.0. The van der Waals surface area contributed by atoms with Crippen molar-refractivity contribution in [2.75, 3.05) is 0 Å². The zero-order valence-electron chi connectivity index (χ0n) is 36.9. The Morgan fingerprint density at radius 2 is 0.537 bits per heavy atom. The van der Waals surface area contributed by atoms with E-state index in [2.05, 4.69) is 41.5 Å². The van der Waals surface area contributed by atoms with E-state index in [-0.39, 0.29) is 23.9 Å². The molecule has 0 rings (SSSR count). The molecule has 0 N–H and O–H groups in total. The summed E-state index contributed by atoms with van der Waals surface area (Å²) in [6.45, 7) is 15.8. The van der Waals surface area contributed by atoms with Gasteiger partial charge < -0.3 is 0 Å². The van der Waals surface area contributed by atoms with E-state index in [0.717, 1.165) is 94.8 Å². The summed E-state index contributed by atoms with van der Waals surface area (Å²) in [7, 11) is 0. The molecule has 0 heterocycles. The van der Waals surface area contributed by atoms with Gasteiger partial charge in [-0.1, -0.05) is 13.8 Å². The summed E-state index contributed by atoms with van der Waals surface area (Å²) in [5.41, 5.74) is 0. The van der Waals surface area contributed by atoms with Gasteiger partial charge in [0.15, 0.2) is 0 Å². The molecule has 0 aliphatic rings. The molecule has 0 saturated heterocycles. The number of carbonyl (C=O) groups excluding carboxylic acids is 4. The number of hydrogen-bond acceptors (Lipinski definition) is 8. The first kappa shape index (κ1) is 55.6. The number of carbonyl (C=O) groups is 4. The molecule has 8 nitrogen and oxygen atoms in total. The number of hydrogen-bond donors (Lipinski definition) is 0. The van der Waals surface area contributed by atoms with E-state index in [1.54, 1.807) is 0 Å². The fraction of sp³-hybridized carbons (Fsp3) is 0.909. The van der Waals surface area contributed by atoms with Gasteiger partial charge in [-0.05, 0) is 0 Å². The predicted octanol–water partition coefficient (Wildman–Crippen LogP) is 14.1. The van der Waals surface area contributed by atoms with Crippen molar-refractivity contribution in [2.24, 2.45) is 0 Å². The Bertz CT molecular complexity index is 841. The van der Waals surface area contributed by atoms with Crippen LogP contribution in [0.3, 0.4) is 0 Å². The Hall–Kier alpha value is -0.523. The third kappa shape index (κ3) is 34.7. The monoisotopic (exact) mass is 984 g/mol. The van der Waals surface area contributed by atoms with Crippen molar-refractivity contribution in [3.05, 3.63) is 0 Å². The normalized spacial score (nSPS) is 11.4. The first-order valence-electron chi connectivity index (χ1n) is 22.8. The zero-order chi connectivity index (χ0) is 40.8. The molecule has 0 saturated carbocycles. The Labute approximate surface area is 344 Å². The molecule has 0 spiro atoms. The van der Waals surface area contributed by atoms with Crippen molar-refractivity contribution >= 4 is 62.3 Å². The van der Waals surface area contributed by atoms with E-state index in [4.69, 9.17) is 12.3 Å². The summed E-state index contributed by atoms with van der Waals surface area (Å²) in [5, 5.41) is 0. The molecule has 0 aliphatic carbocycles. The van der Waals surface area contributed by atoms with Crippen LogP contribution in [0.25, 0.3) is 0 Å².